The molecule has 0 unspecified atom stereocenters. The van der Waals surface area contributed by atoms with Crippen LogP contribution in [0.3, 0.4) is 0 Å². The Morgan fingerprint density at radius 1 is 1.00 bits per heavy atom. The summed E-state index contributed by atoms with van der Waals surface area (Å²) >= 11 is 0. The van der Waals surface area contributed by atoms with Gasteiger partial charge in [0, 0.05) is 43.6 Å². The molecule has 1 saturated heterocycles. The molecule has 1 aliphatic rings. The monoisotopic (exact) mass is 404 g/mol. The largest absolute Gasteiger partial charge is 0.336 e. The third-order valence-corrected chi connectivity index (χ3v) is 5.30. The van der Waals surface area contributed by atoms with Gasteiger partial charge in [-0.1, -0.05) is 6.07 Å². The third-order valence-electron chi connectivity index (χ3n) is 5.30. The molecular weight excluding hydrogens is 380 g/mol. The fourth-order valence-electron chi connectivity index (χ4n) is 3.43. The molecule has 1 fully saturated rings. The molecule has 1 N–H and O–H groups in total. The van der Waals surface area contributed by atoms with Crippen molar-refractivity contribution in [3.63, 3.8) is 0 Å². The molecule has 154 valence electrons. The average Bonchev–Trinajstić information content (AvgIpc) is 3.16. The van der Waals surface area contributed by atoms with Crippen LogP contribution in [0.5, 0.6) is 0 Å². The quantitative estimate of drug-likeness (QED) is 0.721. The van der Waals surface area contributed by atoms with Gasteiger partial charge in [-0.05, 0) is 50.4 Å². The first kappa shape index (κ1) is 19.8. The summed E-state index contributed by atoms with van der Waals surface area (Å²) < 4.78 is 1.63. The number of amides is 2. The van der Waals surface area contributed by atoms with Crippen molar-refractivity contribution in [3.05, 3.63) is 71.7 Å². The molecule has 1 aromatic carbocycles. The molecule has 0 atom stereocenters. The van der Waals surface area contributed by atoms with Gasteiger partial charge in [0.05, 0.1) is 17.5 Å². The molecule has 8 nitrogen and oxygen atoms in total. The number of aromatic nitrogens is 3. The zero-order valence-corrected chi connectivity index (χ0v) is 17.1. The van der Waals surface area contributed by atoms with E-state index < -0.39 is 0 Å². The van der Waals surface area contributed by atoms with E-state index in [9.17, 15) is 9.59 Å². The fraction of sp³-hybridized carbons (Fsp3) is 0.273. The van der Waals surface area contributed by atoms with Crippen molar-refractivity contribution < 1.29 is 9.59 Å². The summed E-state index contributed by atoms with van der Waals surface area (Å²) in [5.41, 5.74) is 2.42. The highest BCUT2D eigenvalue weighted by molar-refractivity contribution is 6.05. The Balaban J connectivity index is 1.43. The lowest BCUT2D eigenvalue weighted by Crippen LogP contribution is -2.47. The summed E-state index contributed by atoms with van der Waals surface area (Å²) in [6, 6.07) is 12.5. The molecule has 0 radical (unpaired) electrons. The molecule has 8 heteroatoms. The van der Waals surface area contributed by atoms with Crippen LogP contribution in [0.2, 0.25) is 0 Å². The standard InChI is InChI=1S/C22H24N6O2/c1-16-19(15-24-28(16)20-5-3-4-10-23-20)21(29)25-18-8-6-17(7-9-18)22(30)27-13-11-26(2)12-14-27/h3-10,15H,11-14H2,1-2H3,(H,25,29). The van der Waals surface area contributed by atoms with Crippen molar-refractivity contribution >= 4 is 17.5 Å². The number of nitrogens with zero attached hydrogens (tertiary/aromatic N) is 5. The molecular formula is C22H24N6O2. The molecule has 3 aromatic rings. The summed E-state index contributed by atoms with van der Waals surface area (Å²) in [7, 11) is 2.06. The second kappa shape index (κ2) is 8.46. The van der Waals surface area contributed by atoms with E-state index in [1.807, 2.05) is 30.0 Å². The van der Waals surface area contributed by atoms with Crippen LogP contribution in [0.25, 0.3) is 5.82 Å². The topological polar surface area (TPSA) is 83.4 Å². The van der Waals surface area contributed by atoms with Gasteiger partial charge in [-0.25, -0.2) is 9.67 Å². The van der Waals surface area contributed by atoms with Crippen molar-refractivity contribution in [2.45, 2.75) is 6.92 Å². The number of anilines is 1. The van der Waals surface area contributed by atoms with Gasteiger partial charge in [0.25, 0.3) is 11.8 Å². The van der Waals surface area contributed by atoms with Crippen LogP contribution < -0.4 is 5.32 Å². The SMILES string of the molecule is Cc1c(C(=O)Nc2ccc(C(=O)N3CCN(C)CC3)cc2)cnn1-c1ccccn1. The van der Waals surface area contributed by atoms with Gasteiger partial charge in [-0.2, -0.15) is 5.10 Å². The number of hydrogen-bond donors (Lipinski definition) is 1. The van der Waals surface area contributed by atoms with Crippen LogP contribution in [0.15, 0.2) is 54.9 Å². The molecule has 3 heterocycles. The minimum Gasteiger partial charge on any atom is -0.336 e. The molecule has 4 rings (SSSR count). The van der Waals surface area contributed by atoms with Crippen molar-refractivity contribution in [2.75, 3.05) is 38.5 Å². The Kier molecular flexibility index (Phi) is 5.58. The highest BCUT2D eigenvalue weighted by atomic mass is 16.2. The predicted molar refractivity (Wildman–Crippen MR) is 114 cm³/mol. The summed E-state index contributed by atoms with van der Waals surface area (Å²) in [5.74, 6) is 0.419. The van der Waals surface area contributed by atoms with Gasteiger partial charge < -0.3 is 15.1 Å². The molecule has 0 aliphatic carbocycles. The van der Waals surface area contributed by atoms with E-state index in [0.29, 0.717) is 28.3 Å². The van der Waals surface area contributed by atoms with E-state index in [0.717, 1.165) is 26.2 Å². The Morgan fingerprint density at radius 2 is 1.73 bits per heavy atom. The van der Waals surface area contributed by atoms with E-state index in [1.54, 1.807) is 35.1 Å². The molecule has 2 amide bonds. The Hall–Kier alpha value is -3.52. The van der Waals surface area contributed by atoms with Crippen molar-refractivity contribution in [1.29, 1.82) is 0 Å². The molecule has 30 heavy (non-hydrogen) atoms. The van der Waals surface area contributed by atoms with Crippen molar-refractivity contribution in [1.82, 2.24) is 24.6 Å². The molecule has 0 bridgehead atoms. The maximum Gasteiger partial charge on any atom is 0.259 e. The second-order valence-corrected chi connectivity index (χ2v) is 7.37. The second-order valence-electron chi connectivity index (χ2n) is 7.37. The third kappa shape index (κ3) is 4.08. The first-order valence-electron chi connectivity index (χ1n) is 9.88. The van der Waals surface area contributed by atoms with Gasteiger partial charge in [-0.3, -0.25) is 9.59 Å². The predicted octanol–water partition coefficient (Wildman–Crippen LogP) is 2.22. The number of benzene rings is 1. The van der Waals surface area contributed by atoms with E-state index >= 15 is 0 Å². The summed E-state index contributed by atoms with van der Waals surface area (Å²) in [6.45, 7) is 5.05. The average molecular weight is 404 g/mol. The summed E-state index contributed by atoms with van der Waals surface area (Å²) in [4.78, 5) is 33.7. The Labute approximate surface area is 175 Å². The van der Waals surface area contributed by atoms with Crippen LogP contribution >= 0.6 is 0 Å². The van der Waals surface area contributed by atoms with Gasteiger partial charge in [0.15, 0.2) is 5.82 Å². The van der Waals surface area contributed by atoms with Crippen LogP contribution in [0, 0.1) is 6.92 Å². The Morgan fingerprint density at radius 3 is 2.40 bits per heavy atom. The maximum absolute atomic E-state index is 12.7. The lowest BCUT2D eigenvalue weighted by atomic mass is 10.1. The number of carbonyl (C=O) groups excluding carboxylic acids is 2. The zero-order chi connectivity index (χ0) is 21.1. The van der Waals surface area contributed by atoms with E-state index in [-0.39, 0.29) is 11.8 Å². The van der Waals surface area contributed by atoms with Crippen LogP contribution in [0.1, 0.15) is 26.4 Å². The number of hydrogen-bond acceptors (Lipinski definition) is 5. The first-order chi connectivity index (χ1) is 14.5. The van der Waals surface area contributed by atoms with Crippen LogP contribution in [0.4, 0.5) is 5.69 Å². The number of piperazine rings is 1. The Bertz CT molecular complexity index is 1040. The summed E-state index contributed by atoms with van der Waals surface area (Å²) in [5, 5.41) is 7.15. The molecule has 2 aromatic heterocycles. The lowest BCUT2D eigenvalue weighted by Gasteiger charge is -2.32. The summed E-state index contributed by atoms with van der Waals surface area (Å²) in [6.07, 6.45) is 3.21. The van der Waals surface area contributed by atoms with E-state index in [4.69, 9.17) is 0 Å². The molecule has 0 saturated carbocycles. The van der Waals surface area contributed by atoms with E-state index in [1.165, 1.54) is 6.20 Å². The number of carbonyl (C=O) groups is 2. The van der Waals surface area contributed by atoms with Crippen molar-refractivity contribution in [2.24, 2.45) is 0 Å². The fourth-order valence-corrected chi connectivity index (χ4v) is 3.43. The number of pyridine rings is 1. The van der Waals surface area contributed by atoms with Crippen LogP contribution in [-0.4, -0.2) is 69.6 Å². The minimum absolute atomic E-state index is 0.0217. The smallest absolute Gasteiger partial charge is 0.259 e. The molecule has 0 spiro atoms. The number of nitrogens with one attached hydrogen (secondary N) is 1. The zero-order valence-electron chi connectivity index (χ0n) is 17.1. The maximum atomic E-state index is 12.7. The van der Waals surface area contributed by atoms with Gasteiger partial charge in [0.2, 0.25) is 0 Å². The normalized spacial score (nSPS) is 14.5. The van der Waals surface area contributed by atoms with Gasteiger partial charge in [0.1, 0.15) is 0 Å². The van der Waals surface area contributed by atoms with Crippen molar-refractivity contribution in [3.8, 4) is 5.82 Å². The molecule has 1 aliphatic heterocycles. The van der Waals surface area contributed by atoms with Crippen LogP contribution in [-0.2, 0) is 0 Å². The van der Waals surface area contributed by atoms with Gasteiger partial charge in [-0.15, -0.1) is 0 Å². The van der Waals surface area contributed by atoms with E-state index in [2.05, 4.69) is 27.3 Å². The highest BCUT2D eigenvalue weighted by Crippen LogP contribution is 2.17. The minimum atomic E-state index is -0.257. The lowest BCUT2D eigenvalue weighted by molar-refractivity contribution is 0.0664. The number of rotatable bonds is 4. The highest BCUT2D eigenvalue weighted by Gasteiger charge is 2.20. The number of likely N-dealkylation sites (N-methyl/N-ethyl adjacent to an activating group) is 1. The van der Waals surface area contributed by atoms with Gasteiger partial charge >= 0.3 is 0 Å². The first-order valence-corrected chi connectivity index (χ1v) is 9.88.